The second-order valence-electron chi connectivity index (χ2n) is 7.42. The molecule has 29 heavy (non-hydrogen) atoms. The number of hydrogen-bond donors (Lipinski definition) is 1. The smallest absolute Gasteiger partial charge is 0.339 e. The number of carbonyl (C=O) groups is 2. The van der Waals surface area contributed by atoms with E-state index in [1.54, 1.807) is 28.1 Å². The van der Waals surface area contributed by atoms with Gasteiger partial charge in [-0.1, -0.05) is 12.1 Å². The first kappa shape index (κ1) is 19.0. The van der Waals surface area contributed by atoms with Crippen molar-refractivity contribution < 1.29 is 14.7 Å². The van der Waals surface area contributed by atoms with Gasteiger partial charge in [-0.25, -0.2) is 9.59 Å². The lowest BCUT2D eigenvalue weighted by atomic mass is 10.0. The molecular weight excluding hydrogens is 374 g/mol. The Bertz CT molecular complexity index is 1150. The zero-order valence-electron chi connectivity index (χ0n) is 16.4. The fourth-order valence-corrected chi connectivity index (χ4v) is 4.11. The van der Waals surface area contributed by atoms with Crippen LogP contribution in [0.3, 0.4) is 0 Å². The van der Waals surface area contributed by atoms with Crippen LogP contribution in [0.1, 0.15) is 34.9 Å². The van der Waals surface area contributed by atoms with Crippen LogP contribution in [0.4, 0.5) is 0 Å². The van der Waals surface area contributed by atoms with E-state index in [9.17, 15) is 19.5 Å². The lowest BCUT2D eigenvalue weighted by Crippen LogP contribution is -2.42. The van der Waals surface area contributed by atoms with Crippen molar-refractivity contribution in [1.82, 2.24) is 23.8 Å². The molecule has 0 saturated carbocycles. The molecule has 1 amide bonds. The van der Waals surface area contributed by atoms with Gasteiger partial charge in [0.25, 0.3) is 0 Å². The molecular formula is C20H23N5O4. The second kappa shape index (κ2) is 7.23. The summed E-state index contributed by atoms with van der Waals surface area (Å²) in [5.41, 5.74) is 2.18. The molecule has 3 heterocycles. The summed E-state index contributed by atoms with van der Waals surface area (Å²) in [5, 5.41) is 13.4. The number of carbonyl (C=O) groups excluding carboxylic acids is 1. The maximum Gasteiger partial charge on any atom is 0.339 e. The minimum absolute atomic E-state index is 0.00874. The molecule has 152 valence electrons. The number of aromatic nitrogens is 4. The van der Waals surface area contributed by atoms with Crippen molar-refractivity contribution in [2.24, 2.45) is 7.05 Å². The van der Waals surface area contributed by atoms with Gasteiger partial charge in [-0.15, -0.1) is 0 Å². The van der Waals surface area contributed by atoms with E-state index in [2.05, 4.69) is 5.10 Å². The summed E-state index contributed by atoms with van der Waals surface area (Å²) >= 11 is 0. The van der Waals surface area contributed by atoms with Crippen LogP contribution in [0.15, 0.2) is 35.3 Å². The predicted molar refractivity (Wildman–Crippen MR) is 106 cm³/mol. The average molecular weight is 397 g/mol. The van der Waals surface area contributed by atoms with E-state index in [-0.39, 0.29) is 29.7 Å². The maximum atomic E-state index is 12.8. The number of aryl methyl sites for hydroxylation is 1. The van der Waals surface area contributed by atoms with Crippen LogP contribution in [0.25, 0.3) is 11.0 Å². The van der Waals surface area contributed by atoms with Crippen molar-refractivity contribution in [2.75, 3.05) is 13.1 Å². The van der Waals surface area contributed by atoms with Gasteiger partial charge >= 0.3 is 11.7 Å². The van der Waals surface area contributed by atoms with Crippen LogP contribution < -0.4 is 5.69 Å². The number of aromatic carboxylic acids is 1. The monoisotopic (exact) mass is 397 g/mol. The topological polar surface area (TPSA) is 102 Å². The normalized spacial score (nSPS) is 15.2. The third kappa shape index (κ3) is 3.22. The molecule has 0 unspecified atom stereocenters. The molecule has 2 aromatic heterocycles. The molecule has 9 nitrogen and oxygen atoms in total. The Hall–Kier alpha value is -3.36. The molecule has 1 fully saturated rings. The van der Waals surface area contributed by atoms with Crippen molar-refractivity contribution in [3.8, 4) is 0 Å². The summed E-state index contributed by atoms with van der Waals surface area (Å²) in [6.45, 7) is 2.85. The minimum Gasteiger partial charge on any atom is -0.478 e. The standard InChI is InChI=1S/C20H23N5O4/c1-13-15(19(27)28)11-21-25(13)14-7-9-23(10-8-14)18(26)12-24-17-6-4-3-5-16(17)22(2)20(24)29/h3-6,11,14H,7-10,12H2,1-2H3,(H,27,28). The summed E-state index contributed by atoms with van der Waals surface area (Å²) < 4.78 is 4.82. The summed E-state index contributed by atoms with van der Waals surface area (Å²) in [5.74, 6) is -1.08. The molecule has 1 aliphatic rings. The Morgan fingerprint density at radius 2 is 1.83 bits per heavy atom. The Morgan fingerprint density at radius 3 is 2.45 bits per heavy atom. The van der Waals surface area contributed by atoms with Crippen molar-refractivity contribution in [1.29, 1.82) is 0 Å². The summed E-state index contributed by atoms with van der Waals surface area (Å²) in [7, 11) is 1.70. The first-order chi connectivity index (χ1) is 13.9. The van der Waals surface area contributed by atoms with Crippen molar-refractivity contribution in [3.05, 3.63) is 52.2 Å². The number of fused-ring (bicyclic) bond motifs is 1. The molecule has 1 aliphatic heterocycles. The van der Waals surface area contributed by atoms with Crippen LogP contribution in [0, 0.1) is 6.92 Å². The Labute approximate surface area is 166 Å². The minimum atomic E-state index is -0.984. The van der Waals surface area contributed by atoms with Crippen molar-refractivity contribution in [3.63, 3.8) is 0 Å². The van der Waals surface area contributed by atoms with Crippen LogP contribution >= 0.6 is 0 Å². The fraction of sp³-hybridized carbons (Fsp3) is 0.400. The Morgan fingerprint density at radius 1 is 1.17 bits per heavy atom. The molecule has 0 radical (unpaired) electrons. The van der Waals surface area contributed by atoms with E-state index in [0.29, 0.717) is 31.6 Å². The highest BCUT2D eigenvalue weighted by atomic mass is 16.4. The SMILES string of the molecule is Cc1c(C(=O)O)cnn1C1CCN(C(=O)Cn2c(=O)n(C)c3ccccc32)CC1. The number of rotatable bonds is 4. The molecule has 0 aliphatic carbocycles. The van der Waals surface area contributed by atoms with Crippen LogP contribution in [0.2, 0.25) is 0 Å². The number of amides is 1. The third-order valence-corrected chi connectivity index (χ3v) is 5.78. The summed E-state index contributed by atoms with van der Waals surface area (Å²) in [6.07, 6.45) is 2.76. The van der Waals surface area contributed by atoms with E-state index >= 15 is 0 Å². The van der Waals surface area contributed by atoms with Gasteiger partial charge in [0.05, 0.1) is 29.0 Å². The van der Waals surface area contributed by atoms with Gasteiger partial charge in [-0.3, -0.25) is 18.6 Å². The first-order valence-electron chi connectivity index (χ1n) is 9.58. The number of hydrogen-bond acceptors (Lipinski definition) is 4. The number of nitrogens with zero attached hydrogens (tertiary/aromatic N) is 5. The van der Waals surface area contributed by atoms with E-state index in [1.807, 2.05) is 24.3 Å². The van der Waals surface area contributed by atoms with Gasteiger partial charge in [-0.2, -0.15) is 5.10 Å². The molecule has 1 N–H and O–H groups in total. The first-order valence-corrected chi connectivity index (χ1v) is 9.58. The molecule has 1 saturated heterocycles. The van der Waals surface area contributed by atoms with Crippen LogP contribution in [-0.2, 0) is 18.4 Å². The third-order valence-electron chi connectivity index (χ3n) is 5.78. The molecule has 4 rings (SSSR count). The largest absolute Gasteiger partial charge is 0.478 e. The summed E-state index contributed by atoms with van der Waals surface area (Å²) in [4.78, 5) is 38.4. The van der Waals surface area contributed by atoms with Gasteiger partial charge in [0.1, 0.15) is 12.1 Å². The quantitative estimate of drug-likeness (QED) is 0.717. The summed E-state index contributed by atoms with van der Waals surface area (Å²) in [6, 6.07) is 7.49. The number of imidazole rings is 1. The molecule has 0 atom stereocenters. The van der Waals surface area contributed by atoms with Gasteiger partial charge < -0.3 is 10.0 Å². The zero-order valence-corrected chi connectivity index (χ0v) is 16.4. The number of para-hydroxylation sites is 2. The van der Waals surface area contributed by atoms with Gasteiger partial charge in [-0.05, 0) is 31.9 Å². The van der Waals surface area contributed by atoms with Crippen molar-refractivity contribution in [2.45, 2.75) is 32.4 Å². The fourth-order valence-electron chi connectivity index (χ4n) is 4.11. The molecule has 3 aromatic rings. The van der Waals surface area contributed by atoms with Crippen molar-refractivity contribution >= 4 is 22.9 Å². The highest BCUT2D eigenvalue weighted by Crippen LogP contribution is 2.25. The second-order valence-corrected chi connectivity index (χ2v) is 7.42. The van der Waals surface area contributed by atoms with E-state index in [1.165, 1.54) is 10.8 Å². The number of piperidine rings is 1. The molecule has 9 heteroatoms. The van der Waals surface area contributed by atoms with Crippen LogP contribution in [-0.4, -0.2) is 53.9 Å². The maximum absolute atomic E-state index is 12.8. The molecule has 0 bridgehead atoms. The Kier molecular flexibility index (Phi) is 4.73. The average Bonchev–Trinajstić information content (AvgIpc) is 3.22. The van der Waals surface area contributed by atoms with E-state index in [0.717, 1.165) is 11.0 Å². The molecule has 1 aromatic carbocycles. The van der Waals surface area contributed by atoms with Gasteiger partial charge in [0, 0.05) is 20.1 Å². The molecule has 0 spiro atoms. The number of likely N-dealkylation sites (tertiary alicyclic amines) is 1. The number of carboxylic acid groups (broad SMARTS) is 1. The van der Waals surface area contributed by atoms with E-state index in [4.69, 9.17) is 0 Å². The van der Waals surface area contributed by atoms with E-state index < -0.39 is 5.97 Å². The van der Waals surface area contributed by atoms with Gasteiger partial charge in [0.2, 0.25) is 5.91 Å². The van der Waals surface area contributed by atoms with Crippen LogP contribution in [0.5, 0.6) is 0 Å². The zero-order chi connectivity index (χ0) is 20.7. The highest BCUT2D eigenvalue weighted by Gasteiger charge is 2.27. The lowest BCUT2D eigenvalue weighted by molar-refractivity contribution is -0.133. The lowest BCUT2D eigenvalue weighted by Gasteiger charge is -2.32. The predicted octanol–water partition coefficient (Wildman–Crippen LogP) is 1.41. The van der Waals surface area contributed by atoms with Gasteiger partial charge in [0.15, 0.2) is 0 Å². The number of benzene rings is 1. The highest BCUT2D eigenvalue weighted by molar-refractivity contribution is 5.88. The number of carboxylic acids is 1. The Balaban J connectivity index is 1.46.